The Kier molecular flexibility index (Phi) is 3.94. The standard InChI is InChI=1S/C13H16N2O4/c1-14(18)7-9(19-2)8-15-12(16)10-5-3-4-6-11(10)13(15)17/h3-6,9,18H,7-8H2,1-2H3/t9-/m0/s1. The first-order chi connectivity index (χ1) is 9.04. The third-order valence-electron chi connectivity index (χ3n) is 3.07. The van der Waals surface area contributed by atoms with Gasteiger partial charge in [0.2, 0.25) is 0 Å². The van der Waals surface area contributed by atoms with Gasteiger partial charge in [0.25, 0.3) is 11.8 Å². The summed E-state index contributed by atoms with van der Waals surface area (Å²) < 4.78 is 5.17. The topological polar surface area (TPSA) is 70.1 Å². The van der Waals surface area contributed by atoms with Gasteiger partial charge in [0.05, 0.1) is 30.3 Å². The zero-order valence-corrected chi connectivity index (χ0v) is 10.9. The number of likely N-dealkylation sites (N-methyl/N-ethyl adjacent to an activating group) is 1. The minimum absolute atomic E-state index is 0.119. The number of hydrogen-bond donors (Lipinski definition) is 1. The fraction of sp³-hybridized carbons (Fsp3) is 0.385. The Morgan fingerprint density at radius 2 is 1.79 bits per heavy atom. The molecule has 1 aliphatic heterocycles. The summed E-state index contributed by atoms with van der Waals surface area (Å²) in [5.74, 6) is -0.633. The zero-order valence-electron chi connectivity index (χ0n) is 10.9. The van der Waals surface area contributed by atoms with Crippen molar-refractivity contribution in [3.8, 4) is 0 Å². The first-order valence-electron chi connectivity index (χ1n) is 5.92. The number of hydrogen-bond acceptors (Lipinski definition) is 5. The van der Waals surface area contributed by atoms with Crippen LogP contribution in [0.5, 0.6) is 0 Å². The van der Waals surface area contributed by atoms with Gasteiger partial charge in [-0.05, 0) is 12.1 Å². The zero-order chi connectivity index (χ0) is 14.0. The minimum Gasteiger partial charge on any atom is -0.378 e. The number of rotatable bonds is 5. The summed E-state index contributed by atoms with van der Waals surface area (Å²) in [5.41, 5.74) is 0.833. The van der Waals surface area contributed by atoms with Crippen LogP contribution in [0, 0.1) is 0 Å². The highest BCUT2D eigenvalue weighted by Gasteiger charge is 2.36. The van der Waals surface area contributed by atoms with E-state index in [0.29, 0.717) is 11.1 Å². The smallest absolute Gasteiger partial charge is 0.261 e. The monoisotopic (exact) mass is 264 g/mol. The molecule has 6 heteroatoms. The summed E-state index contributed by atoms with van der Waals surface area (Å²) in [4.78, 5) is 25.4. The van der Waals surface area contributed by atoms with E-state index in [-0.39, 0.29) is 24.9 Å². The van der Waals surface area contributed by atoms with E-state index in [0.717, 1.165) is 9.96 Å². The average molecular weight is 264 g/mol. The first kappa shape index (κ1) is 13.7. The Morgan fingerprint density at radius 3 is 2.21 bits per heavy atom. The van der Waals surface area contributed by atoms with Crippen LogP contribution in [0.25, 0.3) is 0 Å². The molecule has 6 nitrogen and oxygen atoms in total. The molecule has 1 atom stereocenters. The van der Waals surface area contributed by atoms with Gasteiger partial charge in [0, 0.05) is 14.2 Å². The van der Waals surface area contributed by atoms with E-state index in [1.165, 1.54) is 14.2 Å². The highest BCUT2D eigenvalue weighted by Crippen LogP contribution is 2.22. The Morgan fingerprint density at radius 1 is 1.26 bits per heavy atom. The van der Waals surface area contributed by atoms with Crippen molar-refractivity contribution in [1.29, 1.82) is 0 Å². The van der Waals surface area contributed by atoms with Crippen molar-refractivity contribution in [3.05, 3.63) is 35.4 Å². The number of nitrogens with zero attached hydrogens (tertiary/aromatic N) is 2. The maximum absolute atomic E-state index is 12.1. The number of fused-ring (bicyclic) bond motifs is 1. The SMILES string of the molecule is CO[C@@H](CN(C)O)CN1C(=O)c2ccccc2C1=O. The van der Waals surface area contributed by atoms with E-state index in [2.05, 4.69) is 0 Å². The number of hydroxylamine groups is 2. The third kappa shape index (κ3) is 2.65. The van der Waals surface area contributed by atoms with Crippen molar-refractivity contribution in [2.24, 2.45) is 0 Å². The maximum atomic E-state index is 12.1. The van der Waals surface area contributed by atoms with E-state index >= 15 is 0 Å². The Hall–Kier alpha value is -1.76. The van der Waals surface area contributed by atoms with E-state index in [1.54, 1.807) is 24.3 Å². The molecule has 2 rings (SSSR count). The molecule has 0 spiro atoms. The molecule has 0 fully saturated rings. The number of ether oxygens (including phenoxy) is 1. The van der Waals surface area contributed by atoms with Crippen LogP contribution in [0.2, 0.25) is 0 Å². The molecule has 2 amide bonds. The summed E-state index contributed by atoms with van der Waals surface area (Å²) >= 11 is 0. The molecular formula is C13H16N2O4. The van der Waals surface area contributed by atoms with Crippen molar-refractivity contribution in [1.82, 2.24) is 9.96 Å². The number of imide groups is 1. The number of carbonyl (C=O) groups excluding carboxylic acids is 2. The molecule has 0 saturated heterocycles. The molecule has 102 valence electrons. The lowest BCUT2D eigenvalue weighted by atomic mass is 10.1. The molecule has 0 aliphatic carbocycles. The lowest BCUT2D eigenvalue weighted by Gasteiger charge is -2.23. The summed E-state index contributed by atoms with van der Waals surface area (Å²) in [5, 5.41) is 10.2. The van der Waals surface area contributed by atoms with E-state index < -0.39 is 6.10 Å². The van der Waals surface area contributed by atoms with Gasteiger partial charge in [-0.2, -0.15) is 5.06 Å². The molecular weight excluding hydrogens is 248 g/mol. The molecule has 0 aromatic heterocycles. The van der Waals surface area contributed by atoms with Crippen molar-refractivity contribution in [2.45, 2.75) is 6.10 Å². The van der Waals surface area contributed by atoms with E-state index in [9.17, 15) is 14.8 Å². The molecule has 0 unspecified atom stereocenters. The fourth-order valence-corrected chi connectivity index (χ4v) is 2.11. The molecule has 0 radical (unpaired) electrons. The maximum Gasteiger partial charge on any atom is 0.261 e. The fourth-order valence-electron chi connectivity index (χ4n) is 2.11. The molecule has 19 heavy (non-hydrogen) atoms. The van der Waals surface area contributed by atoms with Crippen LogP contribution in [0.4, 0.5) is 0 Å². The van der Waals surface area contributed by atoms with Gasteiger partial charge in [-0.15, -0.1) is 0 Å². The quantitative estimate of drug-likeness (QED) is 0.623. The molecule has 1 heterocycles. The van der Waals surface area contributed by atoms with Gasteiger partial charge in [0.15, 0.2) is 0 Å². The predicted molar refractivity (Wildman–Crippen MR) is 67.0 cm³/mol. The van der Waals surface area contributed by atoms with Crippen LogP contribution in [0.1, 0.15) is 20.7 Å². The van der Waals surface area contributed by atoms with Crippen molar-refractivity contribution >= 4 is 11.8 Å². The van der Waals surface area contributed by atoms with Gasteiger partial charge in [0.1, 0.15) is 0 Å². The van der Waals surface area contributed by atoms with Gasteiger partial charge in [-0.3, -0.25) is 14.5 Å². The van der Waals surface area contributed by atoms with Gasteiger partial charge >= 0.3 is 0 Å². The highest BCUT2D eigenvalue weighted by molar-refractivity contribution is 6.21. The number of benzene rings is 1. The Labute approximate surface area is 111 Å². The van der Waals surface area contributed by atoms with Gasteiger partial charge < -0.3 is 9.94 Å². The number of carbonyl (C=O) groups is 2. The second-order valence-corrected chi connectivity index (χ2v) is 4.46. The summed E-state index contributed by atoms with van der Waals surface area (Å²) in [6.07, 6.45) is -0.433. The lowest BCUT2D eigenvalue weighted by Crippen LogP contribution is -2.42. The number of amides is 2. The second kappa shape index (κ2) is 5.48. The molecule has 1 aromatic carbocycles. The summed E-state index contributed by atoms with van der Waals surface area (Å²) in [7, 11) is 2.96. The van der Waals surface area contributed by atoms with Gasteiger partial charge in [-0.1, -0.05) is 12.1 Å². The summed E-state index contributed by atoms with van der Waals surface area (Å²) in [6, 6.07) is 6.72. The molecule has 1 aromatic rings. The largest absolute Gasteiger partial charge is 0.378 e. The van der Waals surface area contributed by atoms with E-state index in [4.69, 9.17) is 4.74 Å². The van der Waals surface area contributed by atoms with Gasteiger partial charge in [-0.25, -0.2) is 0 Å². The van der Waals surface area contributed by atoms with Crippen LogP contribution in [-0.2, 0) is 4.74 Å². The normalized spacial score (nSPS) is 16.1. The second-order valence-electron chi connectivity index (χ2n) is 4.46. The van der Waals surface area contributed by atoms with Crippen LogP contribution in [-0.4, -0.2) is 60.3 Å². The van der Waals surface area contributed by atoms with Crippen LogP contribution >= 0.6 is 0 Å². The summed E-state index contributed by atoms with van der Waals surface area (Å²) in [6.45, 7) is 0.331. The molecule has 1 aliphatic rings. The Bertz CT molecular complexity index is 466. The minimum atomic E-state index is -0.433. The van der Waals surface area contributed by atoms with Crippen LogP contribution in [0.3, 0.4) is 0 Å². The third-order valence-corrected chi connectivity index (χ3v) is 3.07. The number of methoxy groups -OCH3 is 1. The first-order valence-corrected chi connectivity index (χ1v) is 5.92. The lowest BCUT2D eigenvalue weighted by molar-refractivity contribution is -0.0981. The predicted octanol–water partition coefficient (Wildman–Crippen LogP) is 0.619. The molecule has 1 N–H and O–H groups in total. The average Bonchev–Trinajstić information content (AvgIpc) is 2.63. The molecule has 0 bridgehead atoms. The van der Waals surface area contributed by atoms with Crippen LogP contribution < -0.4 is 0 Å². The van der Waals surface area contributed by atoms with Crippen LogP contribution in [0.15, 0.2) is 24.3 Å². The highest BCUT2D eigenvalue weighted by atomic mass is 16.5. The van der Waals surface area contributed by atoms with Crippen molar-refractivity contribution < 1.29 is 19.5 Å². The van der Waals surface area contributed by atoms with Crippen molar-refractivity contribution in [3.63, 3.8) is 0 Å². The molecule has 0 saturated carbocycles. The Balaban J connectivity index is 2.15. The van der Waals surface area contributed by atoms with Crippen molar-refractivity contribution in [2.75, 3.05) is 27.2 Å². The van der Waals surface area contributed by atoms with E-state index in [1.807, 2.05) is 0 Å².